The number of hydrogen-bond acceptors (Lipinski definition) is 6. The molecule has 0 saturated carbocycles. The van der Waals surface area contributed by atoms with Crippen molar-refractivity contribution in [3.8, 4) is 17.6 Å². The minimum atomic E-state index is -4.06. The summed E-state index contributed by atoms with van der Waals surface area (Å²) in [6.07, 6.45) is 1.35. The minimum Gasteiger partial charge on any atom is -0.493 e. The van der Waals surface area contributed by atoms with Crippen molar-refractivity contribution < 1.29 is 22.1 Å². The molecule has 0 aliphatic heterocycles. The Bertz CT molecular complexity index is 1300. The molecule has 0 aromatic heterocycles. The number of benzene rings is 3. The maximum absolute atomic E-state index is 12.5. The first kappa shape index (κ1) is 22.9. The largest absolute Gasteiger partial charge is 0.493 e. The molecule has 0 unspecified atom stereocenters. The molecule has 0 atom stereocenters. The second-order valence-electron chi connectivity index (χ2n) is 6.39. The highest BCUT2D eigenvalue weighted by molar-refractivity contribution is 7.87. The van der Waals surface area contributed by atoms with Gasteiger partial charge in [-0.15, -0.1) is 0 Å². The number of halogens is 1. The lowest BCUT2D eigenvalue weighted by Crippen LogP contribution is -2.13. The van der Waals surface area contributed by atoms with Crippen LogP contribution in [0.25, 0.3) is 6.08 Å². The zero-order valence-electron chi connectivity index (χ0n) is 16.8. The molecule has 0 saturated heterocycles. The number of carbonyl (C=O) groups excluding carboxylic acids is 1. The Labute approximate surface area is 190 Å². The van der Waals surface area contributed by atoms with Crippen LogP contribution < -0.4 is 14.2 Å². The Morgan fingerprint density at radius 3 is 2.34 bits per heavy atom. The number of amides is 1. The number of methoxy groups -OCH3 is 1. The molecule has 0 heterocycles. The summed E-state index contributed by atoms with van der Waals surface area (Å²) in [6, 6.07) is 20.3. The molecule has 0 spiro atoms. The van der Waals surface area contributed by atoms with Gasteiger partial charge in [-0.2, -0.15) is 13.7 Å². The first-order valence-corrected chi connectivity index (χ1v) is 11.0. The first-order valence-electron chi connectivity index (χ1n) is 9.18. The smallest absolute Gasteiger partial charge is 0.339 e. The third-order valence-corrected chi connectivity index (χ3v) is 5.70. The molecule has 162 valence electrons. The van der Waals surface area contributed by atoms with Crippen LogP contribution in [0.1, 0.15) is 5.56 Å². The van der Waals surface area contributed by atoms with Crippen molar-refractivity contribution in [2.45, 2.75) is 4.90 Å². The van der Waals surface area contributed by atoms with Gasteiger partial charge in [0.15, 0.2) is 11.5 Å². The SMILES string of the molecule is COc1cc(/C=C(\C#N)C(=O)Nc2ccc(Cl)cc2)ccc1OS(=O)(=O)c1ccccc1. The van der Waals surface area contributed by atoms with Gasteiger partial charge in [0.1, 0.15) is 16.5 Å². The lowest BCUT2D eigenvalue weighted by atomic mass is 10.1. The van der Waals surface area contributed by atoms with Crippen LogP contribution in [0.2, 0.25) is 5.02 Å². The van der Waals surface area contributed by atoms with Crippen molar-refractivity contribution in [3.05, 3.63) is 89.0 Å². The molecule has 3 aromatic carbocycles. The summed E-state index contributed by atoms with van der Waals surface area (Å²) in [5, 5.41) is 12.5. The molecule has 32 heavy (non-hydrogen) atoms. The van der Waals surface area contributed by atoms with Crippen LogP contribution in [0.3, 0.4) is 0 Å². The fourth-order valence-corrected chi connectivity index (χ4v) is 3.73. The fraction of sp³-hybridized carbons (Fsp3) is 0.0435. The van der Waals surface area contributed by atoms with Crippen molar-refractivity contribution in [1.82, 2.24) is 0 Å². The average molecular weight is 469 g/mol. The number of nitrogens with one attached hydrogen (secondary N) is 1. The molecule has 7 nitrogen and oxygen atoms in total. The molecule has 0 fully saturated rings. The molecule has 3 rings (SSSR count). The maximum Gasteiger partial charge on any atom is 0.339 e. The van der Waals surface area contributed by atoms with Crippen LogP contribution >= 0.6 is 11.6 Å². The van der Waals surface area contributed by atoms with E-state index in [1.54, 1.807) is 42.5 Å². The second kappa shape index (κ2) is 10.0. The van der Waals surface area contributed by atoms with E-state index >= 15 is 0 Å². The standard InChI is InChI=1S/C23H17ClN2O5S/c1-30-22-14-16(7-12-21(22)31-32(28,29)20-5-3-2-4-6-20)13-17(15-25)23(27)26-19-10-8-18(24)9-11-19/h2-14H,1H3,(H,26,27)/b17-13+. The molecule has 0 radical (unpaired) electrons. The van der Waals surface area contributed by atoms with Crippen molar-refractivity contribution in [1.29, 1.82) is 5.26 Å². The zero-order chi connectivity index (χ0) is 23.1. The third kappa shape index (κ3) is 5.66. The summed E-state index contributed by atoms with van der Waals surface area (Å²) in [7, 11) is -2.71. The van der Waals surface area contributed by atoms with Crippen LogP contribution in [0, 0.1) is 11.3 Å². The van der Waals surface area contributed by atoms with Crippen LogP contribution in [0.4, 0.5) is 5.69 Å². The van der Waals surface area contributed by atoms with Crippen LogP contribution in [-0.4, -0.2) is 21.4 Å². The van der Waals surface area contributed by atoms with Crippen LogP contribution in [-0.2, 0) is 14.9 Å². The summed E-state index contributed by atoms with van der Waals surface area (Å²) in [5.74, 6) is -0.521. The van der Waals surface area contributed by atoms with Crippen molar-refractivity contribution in [3.63, 3.8) is 0 Å². The molecule has 1 amide bonds. The first-order chi connectivity index (χ1) is 15.3. The van der Waals surface area contributed by atoms with E-state index in [0.29, 0.717) is 16.3 Å². The zero-order valence-corrected chi connectivity index (χ0v) is 18.4. The number of nitrogens with zero attached hydrogens (tertiary/aromatic N) is 1. The number of rotatable bonds is 7. The maximum atomic E-state index is 12.5. The van der Waals surface area contributed by atoms with E-state index in [4.69, 9.17) is 20.5 Å². The van der Waals surface area contributed by atoms with Gasteiger partial charge in [0, 0.05) is 10.7 Å². The quantitative estimate of drug-likeness (QED) is 0.307. The Kier molecular flexibility index (Phi) is 7.15. The molecule has 0 bridgehead atoms. The molecular formula is C23H17ClN2O5S. The number of ether oxygens (including phenoxy) is 1. The van der Waals surface area contributed by atoms with Gasteiger partial charge in [-0.05, 0) is 60.2 Å². The lowest BCUT2D eigenvalue weighted by Gasteiger charge is -2.11. The molecular weight excluding hydrogens is 452 g/mol. The molecule has 0 aliphatic rings. The van der Waals surface area contributed by atoms with Crippen molar-refractivity contribution in [2.75, 3.05) is 12.4 Å². The highest BCUT2D eigenvalue weighted by Crippen LogP contribution is 2.31. The Morgan fingerprint density at radius 2 is 1.72 bits per heavy atom. The van der Waals surface area contributed by atoms with Gasteiger partial charge in [-0.1, -0.05) is 35.9 Å². The van der Waals surface area contributed by atoms with Gasteiger partial charge in [-0.25, -0.2) is 0 Å². The van der Waals surface area contributed by atoms with E-state index in [0.717, 1.165) is 0 Å². The predicted octanol–water partition coefficient (Wildman–Crippen LogP) is 4.66. The van der Waals surface area contributed by atoms with Gasteiger partial charge in [0.25, 0.3) is 5.91 Å². The highest BCUT2D eigenvalue weighted by Gasteiger charge is 2.19. The summed E-state index contributed by atoms with van der Waals surface area (Å²) in [6.45, 7) is 0. The number of hydrogen-bond donors (Lipinski definition) is 1. The topological polar surface area (TPSA) is 105 Å². The summed E-state index contributed by atoms with van der Waals surface area (Å²) in [5.41, 5.74) is 0.759. The number of carbonyl (C=O) groups is 1. The summed E-state index contributed by atoms with van der Waals surface area (Å²) >= 11 is 5.83. The second-order valence-corrected chi connectivity index (χ2v) is 8.37. The van der Waals surface area contributed by atoms with Crippen molar-refractivity contribution in [2.24, 2.45) is 0 Å². The summed E-state index contributed by atoms with van der Waals surface area (Å²) < 4.78 is 35.4. The van der Waals surface area contributed by atoms with Crippen LogP contribution in [0.5, 0.6) is 11.5 Å². The van der Waals surface area contributed by atoms with E-state index in [-0.39, 0.29) is 22.0 Å². The van der Waals surface area contributed by atoms with Gasteiger partial charge in [0.05, 0.1) is 7.11 Å². The Morgan fingerprint density at radius 1 is 1.03 bits per heavy atom. The predicted molar refractivity (Wildman–Crippen MR) is 121 cm³/mol. The van der Waals surface area contributed by atoms with Gasteiger partial charge >= 0.3 is 10.1 Å². The van der Waals surface area contributed by atoms with Gasteiger partial charge in [0.2, 0.25) is 0 Å². The minimum absolute atomic E-state index is 0.00309. The fourth-order valence-electron chi connectivity index (χ4n) is 2.64. The van der Waals surface area contributed by atoms with E-state index in [1.807, 2.05) is 6.07 Å². The van der Waals surface area contributed by atoms with Crippen molar-refractivity contribution >= 4 is 39.4 Å². The Hall–Kier alpha value is -3.80. The summed E-state index contributed by atoms with van der Waals surface area (Å²) in [4.78, 5) is 12.4. The molecule has 3 aromatic rings. The Balaban J connectivity index is 1.83. The molecule has 9 heteroatoms. The average Bonchev–Trinajstić information content (AvgIpc) is 2.80. The number of anilines is 1. The number of nitriles is 1. The highest BCUT2D eigenvalue weighted by atomic mass is 35.5. The monoisotopic (exact) mass is 468 g/mol. The van der Waals surface area contributed by atoms with E-state index in [2.05, 4.69) is 5.32 Å². The third-order valence-electron chi connectivity index (χ3n) is 4.20. The van der Waals surface area contributed by atoms with E-state index < -0.39 is 16.0 Å². The molecule has 0 aliphatic carbocycles. The normalized spacial score (nSPS) is 11.3. The molecule has 1 N–H and O–H groups in total. The van der Waals surface area contributed by atoms with E-state index in [1.165, 1.54) is 43.5 Å². The lowest BCUT2D eigenvalue weighted by molar-refractivity contribution is -0.112. The van der Waals surface area contributed by atoms with E-state index in [9.17, 15) is 18.5 Å². The van der Waals surface area contributed by atoms with Crippen LogP contribution in [0.15, 0.2) is 83.3 Å². The van der Waals surface area contributed by atoms with Gasteiger partial charge in [-0.3, -0.25) is 4.79 Å². The van der Waals surface area contributed by atoms with Gasteiger partial charge < -0.3 is 14.2 Å².